The molecule has 9 heteroatoms. The molecule has 0 amide bonds. The minimum atomic E-state index is -3.69. The molecular weight excluding hydrogens is 384 g/mol. The second-order valence-corrected chi connectivity index (χ2v) is 9.94. The Bertz CT molecular complexity index is 887. The number of hydrogen-bond donors (Lipinski definition) is 1. The molecule has 7 nitrogen and oxygen atoms in total. The highest BCUT2D eigenvalue weighted by Crippen LogP contribution is 2.34. The molecule has 0 unspecified atom stereocenters. The lowest BCUT2D eigenvalue weighted by molar-refractivity contribution is 0.105. The van der Waals surface area contributed by atoms with Crippen LogP contribution in [-0.2, 0) is 14.8 Å². The summed E-state index contributed by atoms with van der Waals surface area (Å²) in [6.07, 6.45) is 4.94. The molecule has 2 aliphatic rings. The highest BCUT2D eigenvalue weighted by molar-refractivity contribution is 7.89. The van der Waals surface area contributed by atoms with Crippen molar-refractivity contribution in [2.24, 2.45) is 5.92 Å². The van der Waals surface area contributed by atoms with Gasteiger partial charge in [0.15, 0.2) is 0 Å². The molecule has 1 aromatic heterocycles. The Kier molecular flexibility index (Phi) is 5.48. The Morgan fingerprint density at radius 3 is 2.78 bits per heavy atom. The molecule has 2 aromatic rings. The number of benzene rings is 1. The van der Waals surface area contributed by atoms with Gasteiger partial charge in [-0.05, 0) is 63.2 Å². The quantitative estimate of drug-likeness (QED) is 0.719. The maximum atomic E-state index is 13.2. The summed E-state index contributed by atoms with van der Waals surface area (Å²) in [6.45, 7) is 3.53. The van der Waals surface area contributed by atoms with E-state index >= 15 is 0 Å². The van der Waals surface area contributed by atoms with E-state index in [9.17, 15) is 8.42 Å². The van der Waals surface area contributed by atoms with Crippen LogP contribution in [0.2, 0.25) is 0 Å². The number of nitrogens with one attached hydrogen (secondary N) is 1. The number of sulfonamides is 1. The van der Waals surface area contributed by atoms with E-state index in [2.05, 4.69) is 18.4 Å². The fourth-order valence-corrected chi connectivity index (χ4v) is 6.12. The zero-order valence-electron chi connectivity index (χ0n) is 15.6. The first-order valence-corrected chi connectivity index (χ1v) is 11.7. The third-order valence-electron chi connectivity index (χ3n) is 5.70. The zero-order chi connectivity index (χ0) is 18.9. The van der Waals surface area contributed by atoms with E-state index in [1.807, 2.05) is 0 Å². The van der Waals surface area contributed by atoms with Gasteiger partial charge in [0.25, 0.3) is 0 Å². The lowest BCUT2D eigenvalue weighted by Gasteiger charge is -2.42. The number of aromatic nitrogens is 2. The maximum absolute atomic E-state index is 13.2. The van der Waals surface area contributed by atoms with Crippen LogP contribution in [0.5, 0.6) is 0 Å². The Morgan fingerprint density at radius 2 is 2.07 bits per heavy atom. The van der Waals surface area contributed by atoms with Crippen LogP contribution in [-0.4, -0.2) is 61.0 Å². The van der Waals surface area contributed by atoms with E-state index in [4.69, 9.17) is 4.74 Å². The van der Waals surface area contributed by atoms with Crippen LogP contribution < -0.4 is 4.72 Å². The fraction of sp³-hybridized carbons (Fsp3) is 0.667. The van der Waals surface area contributed by atoms with Crippen LogP contribution in [0.4, 0.5) is 0 Å². The van der Waals surface area contributed by atoms with Gasteiger partial charge < -0.3 is 9.64 Å². The van der Waals surface area contributed by atoms with Crippen molar-refractivity contribution in [1.29, 1.82) is 0 Å². The van der Waals surface area contributed by atoms with Gasteiger partial charge in [0.05, 0.1) is 11.7 Å². The lowest BCUT2D eigenvalue weighted by atomic mass is 9.85. The maximum Gasteiger partial charge on any atom is 0.243 e. The Labute approximate surface area is 164 Å². The molecule has 0 spiro atoms. The molecule has 2 fully saturated rings. The summed E-state index contributed by atoms with van der Waals surface area (Å²) in [7, 11) is -2.03. The molecule has 0 atom stereocenters. The second-order valence-electron chi connectivity index (χ2n) is 7.76. The molecule has 27 heavy (non-hydrogen) atoms. The van der Waals surface area contributed by atoms with Gasteiger partial charge in [-0.3, -0.25) is 0 Å². The molecule has 1 aliphatic carbocycles. The predicted octanol–water partition coefficient (Wildman–Crippen LogP) is 2.25. The molecule has 1 aliphatic heterocycles. The van der Waals surface area contributed by atoms with Crippen molar-refractivity contribution in [2.75, 3.05) is 33.4 Å². The molecule has 1 aromatic carbocycles. The summed E-state index contributed by atoms with van der Waals surface area (Å²) in [4.78, 5) is 2.69. The molecule has 0 radical (unpaired) electrons. The Balaban J connectivity index is 1.55. The Morgan fingerprint density at radius 1 is 1.30 bits per heavy atom. The van der Waals surface area contributed by atoms with Crippen LogP contribution in [0.25, 0.3) is 11.0 Å². The number of likely N-dealkylation sites (tertiary alicyclic amines) is 1. The summed E-state index contributed by atoms with van der Waals surface area (Å²) < 4.78 is 43.1. The van der Waals surface area contributed by atoms with Crippen molar-refractivity contribution in [3.8, 4) is 0 Å². The van der Waals surface area contributed by atoms with Crippen molar-refractivity contribution >= 4 is 32.8 Å². The Hall–Kier alpha value is -1.13. The van der Waals surface area contributed by atoms with E-state index < -0.39 is 15.6 Å². The van der Waals surface area contributed by atoms with E-state index in [0.717, 1.165) is 50.1 Å². The molecule has 148 valence electrons. The number of methoxy groups -OCH3 is 1. The number of rotatable bonds is 8. The monoisotopic (exact) mass is 410 g/mol. The molecule has 2 heterocycles. The predicted molar refractivity (Wildman–Crippen MR) is 105 cm³/mol. The molecule has 4 rings (SSSR count). The highest BCUT2D eigenvalue weighted by Gasteiger charge is 2.39. The van der Waals surface area contributed by atoms with Gasteiger partial charge in [-0.2, -0.15) is 8.75 Å². The standard InChI is InChI=1S/C18H26N4O3S2/c1-25-12-9-18(7-10-22(11-8-18)13-14-5-6-14)21-27(23,24)16-4-2-3-15-17(16)20-26-19-15/h2-4,14,21H,5-13H2,1H3. The molecule has 0 bridgehead atoms. The molecule has 1 N–H and O–H groups in total. The largest absolute Gasteiger partial charge is 0.385 e. The molecule has 1 saturated heterocycles. The summed E-state index contributed by atoms with van der Waals surface area (Å²) in [5.74, 6) is 0.850. The van der Waals surface area contributed by atoms with E-state index in [-0.39, 0.29) is 4.90 Å². The average Bonchev–Trinajstić information content (AvgIpc) is 3.34. The summed E-state index contributed by atoms with van der Waals surface area (Å²) in [5, 5.41) is 0. The average molecular weight is 411 g/mol. The smallest absolute Gasteiger partial charge is 0.243 e. The lowest BCUT2D eigenvalue weighted by Crippen LogP contribution is -2.55. The number of piperidine rings is 1. The minimum absolute atomic E-state index is 0.214. The molecular formula is C18H26N4O3S2. The van der Waals surface area contributed by atoms with Crippen LogP contribution in [0.3, 0.4) is 0 Å². The number of nitrogens with zero attached hydrogens (tertiary/aromatic N) is 3. The second kappa shape index (κ2) is 7.71. The van der Waals surface area contributed by atoms with Gasteiger partial charge in [-0.1, -0.05) is 6.07 Å². The van der Waals surface area contributed by atoms with E-state index in [1.165, 1.54) is 12.8 Å². The van der Waals surface area contributed by atoms with Gasteiger partial charge in [0.2, 0.25) is 10.0 Å². The number of fused-ring (bicyclic) bond motifs is 1. The van der Waals surface area contributed by atoms with Gasteiger partial charge in [0.1, 0.15) is 15.9 Å². The topological polar surface area (TPSA) is 84.4 Å². The van der Waals surface area contributed by atoms with Crippen LogP contribution >= 0.6 is 11.7 Å². The van der Waals surface area contributed by atoms with Gasteiger partial charge >= 0.3 is 0 Å². The van der Waals surface area contributed by atoms with Gasteiger partial charge in [0, 0.05) is 25.8 Å². The summed E-state index contributed by atoms with van der Waals surface area (Å²) in [5.41, 5.74) is 0.594. The van der Waals surface area contributed by atoms with Crippen molar-refractivity contribution < 1.29 is 13.2 Å². The van der Waals surface area contributed by atoms with Gasteiger partial charge in [-0.15, -0.1) is 0 Å². The summed E-state index contributed by atoms with van der Waals surface area (Å²) in [6, 6.07) is 5.12. The SMILES string of the molecule is COCCC1(NS(=O)(=O)c2cccc3nsnc23)CCN(CC2CC2)CC1. The summed E-state index contributed by atoms with van der Waals surface area (Å²) >= 11 is 1.04. The first-order valence-electron chi connectivity index (χ1n) is 9.48. The third-order valence-corrected chi connectivity index (χ3v) is 7.85. The number of ether oxygens (including phenoxy) is 1. The van der Waals surface area contributed by atoms with Crippen molar-refractivity contribution in [3.63, 3.8) is 0 Å². The third kappa shape index (κ3) is 4.32. The first kappa shape index (κ1) is 19.2. The van der Waals surface area contributed by atoms with Crippen molar-refractivity contribution in [3.05, 3.63) is 18.2 Å². The van der Waals surface area contributed by atoms with Crippen molar-refractivity contribution in [2.45, 2.75) is 42.5 Å². The van der Waals surface area contributed by atoms with E-state index in [0.29, 0.717) is 24.1 Å². The number of hydrogen-bond acceptors (Lipinski definition) is 7. The fourth-order valence-electron chi connectivity index (χ4n) is 3.87. The minimum Gasteiger partial charge on any atom is -0.385 e. The zero-order valence-corrected chi connectivity index (χ0v) is 17.2. The van der Waals surface area contributed by atoms with Gasteiger partial charge in [-0.25, -0.2) is 13.1 Å². The van der Waals surface area contributed by atoms with Crippen LogP contribution in [0.15, 0.2) is 23.1 Å². The molecule has 1 saturated carbocycles. The normalized spacial score (nSPS) is 20.9. The first-order chi connectivity index (χ1) is 13.0. The van der Waals surface area contributed by atoms with E-state index in [1.54, 1.807) is 25.3 Å². The van der Waals surface area contributed by atoms with Crippen LogP contribution in [0, 0.1) is 5.92 Å². The highest BCUT2D eigenvalue weighted by atomic mass is 32.2. The van der Waals surface area contributed by atoms with Crippen LogP contribution in [0.1, 0.15) is 32.1 Å². The van der Waals surface area contributed by atoms with Crippen molar-refractivity contribution in [1.82, 2.24) is 18.4 Å².